The van der Waals surface area contributed by atoms with Gasteiger partial charge in [-0.05, 0) is 55.0 Å². The normalized spacial score (nSPS) is 17.3. The zero-order valence-electron chi connectivity index (χ0n) is 19.4. The number of fused-ring (bicyclic) bond motifs is 1. The number of benzene rings is 3. The molecule has 3 aromatic carbocycles. The maximum absolute atomic E-state index is 14.2. The minimum absolute atomic E-state index is 0.0110. The van der Waals surface area contributed by atoms with Crippen LogP contribution in [0.15, 0.2) is 84.6 Å². The van der Waals surface area contributed by atoms with Crippen LogP contribution in [0.25, 0.3) is 6.08 Å². The Kier molecular flexibility index (Phi) is 6.62. The maximum atomic E-state index is 14.2. The molecule has 0 unspecified atom stereocenters. The smallest absolute Gasteiger partial charge is 0.294 e. The van der Waals surface area contributed by atoms with Gasteiger partial charge in [-0.1, -0.05) is 60.7 Å². The highest BCUT2D eigenvalue weighted by Crippen LogP contribution is 2.36. The fourth-order valence-electron chi connectivity index (χ4n) is 4.72. The van der Waals surface area contributed by atoms with Crippen LogP contribution in [0.5, 0.6) is 5.75 Å². The molecule has 0 saturated carbocycles. The minimum Gasteiger partial charge on any atom is -0.449 e. The molecule has 5 nitrogen and oxygen atoms in total. The molecule has 2 aliphatic heterocycles. The summed E-state index contributed by atoms with van der Waals surface area (Å²) < 4.78 is 20.0. The Hall–Kier alpha value is -3.93. The first kappa shape index (κ1) is 22.8. The molecular weight excluding hydrogens is 443 g/mol. The number of nitrogens with zero attached hydrogens (tertiary/aromatic N) is 2. The van der Waals surface area contributed by atoms with Crippen molar-refractivity contribution < 1.29 is 18.7 Å². The molecule has 1 fully saturated rings. The average Bonchev–Trinajstić information content (AvgIpc) is 2.89. The van der Waals surface area contributed by atoms with E-state index in [-0.39, 0.29) is 23.8 Å². The number of hydrogen-bond acceptors (Lipinski definition) is 3. The molecule has 35 heavy (non-hydrogen) atoms. The highest BCUT2D eigenvalue weighted by molar-refractivity contribution is 6.12. The van der Waals surface area contributed by atoms with Crippen LogP contribution in [0.1, 0.15) is 24.0 Å². The number of likely N-dealkylation sites (tertiary alicyclic amines) is 1. The largest absolute Gasteiger partial charge is 0.449 e. The zero-order chi connectivity index (χ0) is 24.2. The lowest BCUT2D eigenvalue weighted by atomic mass is 9.90. The van der Waals surface area contributed by atoms with Crippen molar-refractivity contribution in [2.24, 2.45) is 5.92 Å². The van der Waals surface area contributed by atoms with Gasteiger partial charge in [0.1, 0.15) is 12.4 Å². The van der Waals surface area contributed by atoms with Gasteiger partial charge in [-0.3, -0.25) is 14.5 Å². The number of para-hydroxylation sites is 2. The van der Waals surface area contributed by atoms with E-state index in [9.17, 15) is 14.0 Å². The molecule has 0 atom stereocenters. The molecular formula is C29H27FN2O3. The molecule has 1 saturated heterocycles. The Balaban J connectivity index is 1.29. The lowest BCUT2D eigenvalue weighted by Crippen LogP contribution is -2.47. The lowest BCUT2D eigenvalue weighted by molar-refractivity contribution is -0.132. The first-order chi connectivity index (χ1) is 17.1. The van der Waals surface area contributed by atoms with E-state index in [0.29, 0.717) is 30.4 Å². The van der Waals surface area contributed by atoms with Gasteiger partial charge in [0.05, 0.1) is 5.69 Å². The summed E-state index contributed by atoms with van der Waals surface area (Å²) in [6.45, 7) is 1.26. The number of rotatable bonds is 5. The van der Waals surface area contributed by atoms with Crippen molar-refractivity contribution in [2.75, 3.05) is 24.5 Å². The first-order valence-corrected chi connectivity index (χ1v) is 11.9. The zero-order valence-corrected chi connectivity index (χ0v) is 19.4. The number of carbonyl (C=O) groups is 2. The van der Waals surface area contributed by atoms with E-state index >= 15 is 0 Å². The van der Waals surface area contributed by atoms with Crippen LogP contribution >= 0.6 is 0 Å². The maximum Gasteiger partial charge on any atom is 0.294 e. The predicted octanol–water partition coefficient (Wildman–Crippen LogP) is 5.07. The van der Waals surface area contributed by atoms with Gasteiger partial charge < -0.3 is 9.64 Å². The van der Waals surface area contributed by atoms with Gasteiger partial charge in [-0.2, -0.15) is 0 Å². The summed E-state index contributed by atoms with van der Waals surface area (Å²) in [6, 6.07) is 23.7. The Labute approximate surface area is 204 Å². The van der Waals surface area contributed by atoms with Crippen LogP contribution in [0.4, 0.5) is 10.1 Å². The molecule has 0 aliphatic carbocycles. The highest BCUT2D eigenvalue weighted by atomic mass is 19.1. The van der Waals surface area contributed by atoms with Crippen molar-refractivity contribution in [3.05, 3.63) is 102 Å². The number of halogens is 1. The van der Waals surface area contributed by atoms with Crippen LogP contribution in [-0.4, -0.2) is 36.3 Å². The van der Waals surface area contributed by atoms with Crippen LogP contribution in [0.3, 0.4) is 0 Å². The summed E-state index contributed by atoms with van der Waals surface area (Å²) in [7, 11) is 0. The molecule has 3 aromatic rings. The van der Waals surface area contributed by atoms with Gasteiger partial charge >= 0.3 is 0 Å². The highest BCUT2D eigenvalue weighted by Gasteiger charge is 2.33. The van der Waals surface area contributed by atoms with Gasteiger partial charge in [0.15, 0.2) is 11.5 Å². The van der Waals surface area contributed by atoms with Crippen LogP contribution < -0.4 is 9.64 Å². The fraction of sp³-hybridized carbons (Fsp3) is 0.241. The summed E-state index contributed by atoms with van der Waals surface area (Å²) in [5.41, 5.74) is 2.11. The van der Waals surface area contributed by atoms with Gasteiger partial charge in [0.25, 0.3) is 5.91 Å². The van der Waals surface area contributed by atoms with E-state index in [1.165, 1.54) is 22.6 Å². The standard InChI is InChI=1S/C29H27FN2O3/c30-24-11-5-4-10-23(24)19-27-29(34)32(25-12-6-7-13-26(25)35-27)20-28(33)31-16-14-22(15-17-31)18-21-8-2-1-3-9-21/h1-13,19,22H,14-18,20H2/b27-19-. The molecule has 6 heteroatoms. The van der Waals surface area contributed by atoms with Gasteiger partial charge in [-0.15, -0.1) is 0 Å². The Morgan fingerprint density at radius 3 is 2.40 bits per heavy atom. The second-order valence-corrected chi connectivity index (χ2v) is 9.01. The van der Waals surface area contributed by atoms with E-state index in [4.69, 9.17) is 4.74 Å². The second kappa shape index (κ2) is 10.1. The van der Waals surface area contributed by atoms with Crippen LogP contribution in [0.2, 0.25) is 0 Å². The van der Waals surface area contributed by atoms with E-state index in [1.54, 1.807) is 42.5 Å². The predicted molar refractivity (Wildman–Crippen MR) is 133 cm³/mol. The Bertz CT molecular complexity index is 1250. The van der Waals surface area contributed by atoms with Crippen molar-refractivity contribution in [1.29, 1.82) is 0 Å². The monoisotopic (exact) mass is 470 g/mol. The molecule has 178 valence electrons. The number of amides is 2. The van der Waals surface area contributed by atoms with Crippen molar-refractivity contribution in [3.63, 3.8) is 0 Å². The van der Waals surface area contributed by atoms with Crippen molar-refractivity contribution in [2.45, 2.75) is 19.3 Å². The fourth-order valence-corrected chi connectivity index (χ4v) is 4.72. The van der Waals surface area contributed by atoms with Gasteiger partial charge in [-0.25, -0.2) is 4.39 Å². The van der Waals surface area contributed by atoms with Crippen molar-refractivity contribution in [1.82, 2.24) is 4.90 Å². The Morgan fingerprint density at radius 2 is 1.63 bits per heavy atom. The topological polar surface area (TPSA) is 49.9 Å². The third kappa shape index (κ3) is 5.11. The number of carbonyl (C=O) groups excluding carboxylic acids is 2. The van der Waals surface area contributed by atoms with Crippen LogP contribution in [0, 0.1) is 11.7 Å². The van der Waals surface area contributed by atoms with E-state index in [2.05, 4.69) is 24.3 Å². The number of piperidine rings is 1. The summed E-state index contributed by atoms with van der Waals surface area (Å²) in [6.07, 6.45) is 4.28. The number of hydrogen-bond donors (Lipinski definition) is 0. The quantitative estimate of drug-likeness (QED) is 0.489. The van der Waals surface area contributed by atoms with Crippen molar-refractivity contribution in [3.8, 4) is 5.75 Å². The molecule has 0 N–H and O–H groups in total. The summed E-state index contributed by atoms with van der Waals surface area (Å²) in [5.74, 6) is -0.0105. The summed E-state index contributed by atoms with van der Waals surface area (Å²) >= 11 is 0. The van der Waals surface area contributed by atoms with Crippen molar-refractivity contribution >= 4 is 23.6 Å². The third-order valence-corrected chi connectivity index (χ3v) is 6.65. The van der Waals surface area contributed by atoms with Crippen LogP contribution in [-0.2, 0) is 16.0 Å². The molecule has 0 spiro atoms. The van der Waals surface area contributed by atoms with Gasteiger partial charge in [0.2, 0.25) is 5.91 Å². The average molecular weight is 471 g/mol. The second-order valence-electron chi connectivity index (χ2n) is 9.01. The first-order valence-electron chi connectivity index (χ1n) is 11.9. The number of ether oxygens (including phenoxy) is 1. The lowest BCUT2D eigenvalue weighted by Gasteiger charge is -2.35. The molecule has 0 aromatic heterocycles. The third-order valence-electron chi connectivity index (χ3n) is 6.65. The summed E-state index contributed by atoms with van der Waals surface area (Å²) in [4.78, 5) is 29.8. The molecule has 0 radical (unpaired) electrons. The number of anilines is 1. The molecule has 2 heterocycles. The van der Waals surface area contributed by atoms with E-state index in [0.717, 1.165) is 19.3 Å². The minimum atomic E-state index is -0.459. The molecule has 2 amide bonds. The van der Waals surface area contributed by atoms with E-state index < -0.39 is 11.7 Å². The van der Waals surface area contributed by atoms with E-state index in [1.807, 2.05) is 11.0 Å². The van der Waals surface area contributed by atoms with Gasteiger partial charge in [0, 0.05) is 18.7 Å². The molecule has 0 bridgehead atoms. The molecule has 5 rings (SSSR count). The molecule has 2 aliphatic rings. The summed E-state index contributed by atoms with van der Waals surface area (Å²) in [5, 5.41) is 0. The Morgan fingerprint density at radius 1 is 0.943 bits per heavy atom. The SMILES string of the molecule is O=C(CN1C(=O)/C(=C/c2ccccc2F)Oc2ccccc21)N1CCC(Cc2ccccc2)CC1.